The molecular weight excluding hydrogens is 280 g/mol. The first-order valence-corrected chi connectivity index (χ1v) is 7.73. The summed E-state index contributed by atoms with van der Waals surface area (Å²) in [4.78, 5) is 24.9. The molecule has 1 rings (SSSR count). The van der Waals surface area contributed by atoms with Crippen LogP contribution < -0.4 is 0 Å². The van der Waals surface area contributed by atoms with Crippen LogP contribution in [0.2, 0.25) is 0 Å². The minimum atomic E-state index is -0.334. The number of esters is 1. The Balaban J connectivity index is 2.45. The van der Waals surface area contributed by atoms with E-state index in [4.69, 9.17) is 10.00 Å². The maximum absolute atomic E-state index is 12.1. The summed E-state index contributed by atoms with van der Waals surface area (Å²) >= 11 is 1.28. The Bertz CT molecular complexity index is 364. The molecule has 20 heavy (non-hydrogen) atoms. The lowest BCUT2D eigenvalue weighted by atomic mass is 10.2. The second kappa shape index (κ2) is 9.61. The van der Waals surface area contributed by atoms with Crippen molar-refractivity contribution in [2.24, 2.45) is 0 Å². The predicted molar refractivity (Wildman–Crippen MR) is 75.1 cm³/mol. The van der Waals surface area contributed by atoms with Gasteiger partial charge in [0.15, 0.2) is 0 Å². The highest BCUT2D eigenvalue weighted by Crippen LogP contribution is 2.14. The van der Waals surface area contributed by atoms with Gasteiger partial charge < -0.3 is 14.4 Å². The van der Waals surface area contributed by atoms with Crippen molar-refractivity contribution < 1.29 is 19.1 Å². The second-order valence-corrected chi connectivity index (χ2v) is 5.44. The molecule has 0 radical (unpaired) electrons. The van der Waals surface area contributed by atoms with Crippen molar-refractivity contribution in [2.45, 2.75) is 25.4 Å². The zero-order chi connectivity index (χ0) is 14.8. The molecule has 1 aliphatic rings. The molecule has 7 heteroatoms. The lowest BCUT2D eigenvalue weighted by molar-refractivity contribution is -0.141. The highest BCUT2D eigenvalue weighted by Gasteiger charge is 2.23. The van der Waals surface area contributed by atoms with Crippen LogP contribution in [0, 0.1) is 11.3 Å². The van der Waals surface area contributed by atoms with Gasteiger partial charge in [-0.05, 0) is 12.8 Å². The van der Waals surface area contributed by atoms with Crippen molar-refractivity contribution in [3.8, 4) is 6.07 Å². The zero-order valence-electron chi connectivity index (χ0n) is 11.7. The second-order valence-electron chi connectivity index (χ2n) is 4.45. The number of hydrogen-bond donors (Lipinski definition) is 0. The minimum absolute atomic E-state index is 0.0533. The van der Waals surface area contributed by atoms with Crippen LogP contribution in [0.25, 0.3) is 0 Å². The van der Waals surface area contributed by atoms with Crippen molar-refractivity contribution in [3.63, 3.8) is 0 Å². The molecule has 0 saturated carbocycles. The molecule has 112 valence electrons. The number of carbonyl (C=O) groups is 2. The first-order valence-electron chi connectivity index (χ1n) is 6.58. The number of hydrogen-bond acceptors (Lipinski definition) is 6. The summed E-state index contributed by atoms with van der Waals surface area (Å²) in [5.74, 6) is 0.141. The highest BCUT2D eigenvalue weighted by molar-refractivity contribution is 8.00. The van der Waals surface area contributed by atoms with Gasteiger partial charge in [-0.25, -0.2) is 0 Å². The molecule has 1 unspecified atom stereocenters. The summed E-state index contributed by atoms with van der Waals surface area (Å²) < 4.78 is 10.1. The van der Waals surface area contributed by atoms with Crippen LogP contribution >= 0.6 is 11.8 Å². The van der Waals surface area contributed by atoms with E-state index < -0.39 is 0 Å². The summed E-state index contributed by atoms with van der Waals surface area (Å²) in [6, 6.07) is 1.99. The highest BCUT2D eigenvalue weighted by atomic mass is 32.2. The van der Waals surface area contributed by atoms with Crippen molar-refractivity contribution in [3.05, 3.63) is 0 Å². The van der Waals surface area contributed by atoms with Crippen LogP contribution in [0.3, 0.4) is 0 Å². The summed E-state index contributed by atoms with van der Waals surface area (Å²) in [5, 5.41) is 8.48. The number of thioether (sulfide) groups is 1. The molecule has 6 nitrogen and oxygen atoms in total. The monoisotopic (exact) mass is 300 g/mol. The van der Waals surface area contributed by atoms with Gasteiger partial charge in [-0.15, -0.1) is 11.8 Å². The Labute approximate surface area is 123 Å². The molecule has 0 aromatic rings. The topological polar surface area (TPSA) is 79.6 Å². The number of methoxy groups -OCH3 is 1. The molecule has 0 aromatic carbocycles. The summed E-state index contributed by atoms with van der Waals surface area (Å²) in [6.07, 6.45) is 2.18. The van der Waals surface area contributed by atoms with Gasteiger partial charge in [0.25, 0.3) is 0 Å². The van der Waals surface area contributed by atoms with Crippen molar-refractivity contribution in [1.82, 2.24) is 4.90 Å². The normalized spacial score (nSPS) is 17.5. The molecule has 0 aromatic heterocycles. The molecule has 1 heterocycles. The number of rotatable bonds is 8. The molecule has 1 saturated heterocycles. The van der Waals surface area contributed by atoms with Crippen LogP contribution in [0.4, 0.5) is 0 Å². The van der Waals surface area contributed by atoms with E-state index in [0.29, 0.717) is 13.1 Å². The van der Waals surface area contributed by atoms with E-state index in [1.165, 1.54) is 18.9 Å². The maximum Gasteiger partial charge on any atom is 0.307 e. The SMILES string of the molecule is COC(=O)CCN(CC1CCCO1)C(=O)CSCC#N. The fourth-order valence-corrected chi connectivity index (χ4v) is 2.51. The molecule has 0 aliphatic carbocycles. The first kappa shape index (κ1) is 16.8. The Morgan fingerprint density at radius 2 is 2.35 bits per heavy atom. The third-order valence-electron chi connectivity index (χ3n) is 3.01. The van der Waals surface area contributed by atoms with Gasteiger partial charge in [-0.2, -0.15) is 5.26 Å². The molecule has 1 atom stereocenters. The molecule has 0 spiro atoms. The number of nitrogens with zero attached hydrogens (tertiary/aromatic N) is 2. The van der Waals surface area contributed by atoms with E-state index in [2.05, 4.69) is 4.74 Å². The van der Waals surface area contributed by atoms with Gasteiger partial charge in [0.05, 0.1) is 37.2 Å². The van der Waals surface area contributed by atoms with Gasteiger partial charge in [0.1, 0.15) is 0 Å². The van der Waals surface area contributed by atoms with Crippen molar-refractivity contribution >= 4 is 23.6 Å². The smallest absolute Gasteiger partial charge is 0.307 e. The Morgan fingerprint density at radius 3 is 2.95 bits per heavy atom. The van der Waals surface area contributed by atoms with Gasteiger partial charge in [-0.1, -0.05) is 0 Å². The van der Waals surface area contributed by atoms with Crippen LogP contribution in [0.1, 0.15) is 19.3 Å². The van der Waals surface area contributed by atoms with Crippen LogP contribution in [-0.2, 0) is 19.1 Å². The van der Waals surface area contributed by atoms with Crippen LogP contribution in [-0.4, -0.2) is 61.2 Å². The zero-order valence-corrected chi connectivity index (χ0v) is 12.5. The van der Waals surface area contributed by atoms with E-state index in [1.54, 1.807) is 4.90 Å². The average Bonchev–Trinajstić information content (AvgIpc) is 2.96. The van der Waals surface area contributed by atoms with Gasteiger partial charge >= 0.3 is 5.97 Å². The summed E-state index contributed by atoms with van der Waals surface area (Å²) in [6.45, 7) is 1.56. The number of carbonyl (C=O) groups excluding carboxylic acids is 2. The number of nitriles is 1. The maximum atomic E-state index is 12.1. The van der Waals surface area contributed by atoms with E-state index >= 15 is 0 Å². The lowest BCUT2D eigenvalue weighted by Gasteiger charge is -2.25. The molecular formula is C13H20N2O4S. The molecule has 0 N–H and O–H groups in total. The van der Waals surface area contributed by atoms with E-state index in [1.807, 2.05) is 6.07 Å². The third-order valence-corrected chi connectivity index (χ3v) is 3.79. The predicted octanol–water partition coefficient (Wildman–Crippen LogP) is 0.814. The standard InChI is InChI=1S/C13H20N2O4S/c1-18-13(17)4-6-15(9-11-3-2-7-19-11)12(16)10-20-8-5-14/h11H,2-4,6-10H2,1H3. The van der Waals surface area contributed by atoms with Gasteiger partial charge in [0.2, 0.25) is 5.91 Å². The first-order chi connectivity index (χ1) is 9.67. The molecule has 1 fully saturated rings. The fraction of sp³-hybridized carbons (Fsp3) is 0.769. The molecule has 0 bridgehead atoms. The van der Waals surface area contributed by atoms with E-state index in [-0.39, 0.29) is 35.9 Å². The van der Waals surface area contributed by atoms with Gasteiger partial charge in [0, 0.05) is 19.7 Å². The van der Waals surface area contributed by atoms with E-state index in [0.717, 1.165) is 19.4 Å². The molecule has 1 amide bonds. The number of ether oxygens (including phenoxy) is 2. The average molecular weight is 300 g/mol. The summed E-state index contributed by atoms with van der Waals surface area (Å²) in [7, 11) is 1.33. The van der Waals surface area contributed by atoms with Crippen molar-refractivity contribution in [1.29, 1.82) is 5.26 Å². The minimum Gasteiger partial charge on any atom is -0.469 e. The third kappa shape index (κ3) is 6.26. The van der Waals surface area contributed by atoms with Gasteiger partial charge in [-0.3, -0.25) is 9.59 Å². The fourth-order valence-electron chi connectivity index (χ4n) is 1.96. The Morgan fingerprint density at radius 1 is 1.55 bits per heavy atom. The lowest BCUT2D eigenvalue weighted by Crippen LogP contribution is -2.39. The summed E-state index contributed by atoms with van der Waals surface area (Å²) in [5.41, 5.74) is 0. The van der Waals surface area contributed by atoms with Crippen LogP contribution in [0.15, 0.2) is 0 Å². The molecule has 1 aliphatic heterocycles. The van der Waals surface area contributed by atoms with Crippen molar-refractivity contribution in [2.75, 3.05) is 38.3 Å². The largest absolute Gasteiger partial charge is 0.469 e. The Kier molecular flexibility index (Phi) is 8.07. The Hall–Kier alpha value is -1.26. The van der Waals surface area contributed by atoms with Crippen LogP contribution in [0.5, 0.6) is 0 Å². The quantitative estimate of drug-likeness (QED) is 0.487. The number of amides is 1. The van der Waals surface area contributed by atoms with E-state index in [9.17, 15) is 9.59 Å².